The van der Waals surface area contributed by atoms with Crippen molar-refractivity contribution in [3.8, 4) is 0 Å². The van der Waals surface area contributed by atoms with Crippen LogP contribution >= 0.6 is 11.8 Å². The van der Waals surface area contributed by atoms with Crippen LogP contribution < -0.4 is 11.1 Å². The minimum absolute atomic E-state index is 0.399. The van der Waals surface area contributed by atoms with Gasteiger partial charge in [-0.15, -0.1) is 0 Å². The fourth-order valence-corrected chi connectivity index (χ4v) is 3.08. The summed E-state index contributed by atoms with van der Waals surface area (Å²) < 4.78 is 4.95. The number of aromatic amines is 1. The van der Waals surface area contributed by atoms with Gasteiger partial charge < -0.3 is 9.73 Å². The molecule has 0 spiro atoms. The minimum Gasteiger partial charge on any atom is -0.408 e. The molecule has 0 aliphatic carbocycles. The van der Waals surface area contributed by atoms with Crippen LogP contribution in [-0.4, -0.2) is 22.5 Å². The van der Waals surface area contributed by atoms with Gasteiger partial charge in [-0.1, -0.05) is 0 Å². The minimum atomic E-state index is -0.399. The third kappa shape index (κ3) is 1.82. The van der Waals surface area contributed by atoms with E-state index in [-0.39, 0.29) is 0 Å². The summed E-state index contributed by atoms with van der Waals surface area (Å²) in [6.07, 6.45) is 1.20. The number of thioether (sulfide) groups is 1. The molecule has 1 fully saturated rings. The number of fused-ring (bicyclic) bond motifs is 1. The number of H-pyrrole nitrogens is 1. The molecule has 1 unspecified atom stereocenters. The molecule has 2 N–H and O–H groups in total. The van der Waals surface area contributed by atoms with Crippen LogP contribution in [0.4, 0.5) is 5.69 Å². The first-order valence-electron chi connectivity index (χ1n) is 5.28. The molecule has 0 radical (unpaired) electrons. The van der Waals surface area contributed by atoms with Crippen LogP contribution in [0.25, 0.3) is 11.1 Å². The molecular formula is C11H12N2O2S. The summed E-state index contributed by atoms with van der Waals surface area (Å²) in [6, 6.07) is 6.23. The Bertz CT molecular complexity index is 554. The number of rotatable bonds is 2. The molecule has 4 nitrogen and oxygen atoms in total. The first-order valence-corrected chi connectivity index (χ1v) is 6.44. The lowest BCUT2D eigenvalue weighted by Gasteiger charge is -2.12. The fraction of sp³-hybridized carbons (Fsp3) is 0.364. The first kappa shape index (κ1) is 9.84. The van der Waals surface area contributed by atoms with Crippen molar-refractivity contribution in [1.82, 2.24) is 4.98 Å². The molecule has 3 rings (SSSR count). The molecule has 0 amide bonds. The summed E-state index contributed by atoms with van der Waals surface area (Å²) in [6.45, 7) is 0. The Morgan fingerprint density at radius 1 is 1.50 bits per heavy atom. The number of hydrogen-bond acceptors (Lipinski definition) is 4. The maximum Gasteiger partial charge on any atom is 0.417 e. The lowest BCUT2D eigenvalue weighted by atomic mass is 10.2. The monoisotopic (exact) mass is 236 g/mol. The van der Waals surface area contributed by atoms with Gasteiger partial charge in [0.25, 0.3) is 0 Å². The maximum absolute atomic E-state index is 11.0. The van der Waals surface area contributed by atoms with Crippen molar-refractivity contribution >= 4 is 28.5 Å². The van der Waals surface area contributed by atoms with Gasteiger partial charge in [0, 0.05) is 17.5 Å². The van der Waals surface area contributed by atoms with Crippen LogP contribution in [0.5, 0.6) is 0 Å². The number of aromatic nitrogens is 1. The number of benzene rings is 1. The number of hydrogen-bond donors (Lipinski definition) is 2. The fourth-order valence-electron chi connectivity index (χ4n) is 1.93. The van der Waals surface area contributed by atoms with Crippen LogP contribution in [-0.2, 0) is 0 Å². The highest BCUT2D eigenvalue weighted by molar-refractivity contribution is 7.99. The lowest BCUT2D eigenvalue weighted by molar-refractivity contribution is 0.555. The molecule has 5 heteroatoms. The van der Waals surface area contributed by atoms with Gasteiger partial charge in [0.05, 0.1) is 5.52 Å². The average Bonchev–Trinajstić information content (AvgIpc) is 2.85. The summed E-state index contributed by atoms with van der Waals surface area (Å²) in [5.41, 5.74) is 2.40. The van der Waals surface area contributed by atoms with E-state index in [1.165, 1.54) is 12.2 Å². The molecule has 0 saturated carbocycles. The van der Waals surface area contributed by atoms with Crippen molar-refractivity contribution < 1.29 is 4.42 Å². The van der Waals surface area contributed by atoms with Crippen molar-refractivity contribution in [2.45, 2.75) is 12.5 Å². The van der Waals surface area contributed by atoms with Gasteiger partial charge in [-0.2, -0.15) is 11.8 Å². The van der Waals surface area contributed by atoms with Crippen molar-refractivity contribution in [2.75, 3.05) is 16.8 Å². The highest BCUT2D eigenvalue weighted by Gasteiger charge is 2.15. The van der Waals surface area contributed by atoms with Gasteiger partial charge in [-0.05, 0) is 30.4 Å². The molecule has 0 bridgehead atoms. The molecule has 84 valence electrons. The summed E-state index contributed by atoms with van der Waals surface area (Å²) >= 11 is 1.97. The Hall–Kier alpha value is -1.36. The van der Waals surface area contributed by atoms with E-state index in [4.69, 9.17) is 4.42 Å². The van der Waals surface area contributed by atoms with Gasteiger partial charge in [-0.25, -0.2) is 4.79 Å². The van der Waals surface area contributed by atoms with Crippen molar-refractivity contribution in [3.05, 3.63) is 28.7 Å². The van der Waals surface area contributed by atoms with Gasteiger partial charge in [0.1, 0.15) is 0 Å². The van der Waals surface area contributed by atoms with Crippen LogP contribution in [0.2, 0.25) is 0 Å². The van der Waals surface area contributed by atoms with Crippen LogP contribution in [0, 0.1) is 0 Å². The maximum atomic E-state index is 11.0. The predicted octanol–water partition coefficient (Wildman–Crippen LogP) is 2.04. The number of oxazole rings is 1. The van der Waals surface area contributed by atoms with Crippen LogP contribution in [0.3, 0.4) is 0 Å². The third-order valence-electron chi connectivity index (χ3n) is 2.72. The molecular weight excluding hydrogens is 224 g/mol. The van der Waals surface area contributed by atoms with Gasteiger partial charge >= 0.3 is 5.76 Å². The van der Waals surface area contributed by atoms with Crippen molar-refractivity contribution in [1.29, 1.82) is 0 Å². The summed E-state index contributed by atoms with van der Waals surface area (Å²) in [5, 5.41) is 3.46. The zero-order chi connectivity index (χ0) is 11.0. The number of nitrogens with one attached hydrogen (secondary N) is 2. The molecule has 2 heterocycles. The molecule has 1 aromatic carbocycles. The highest BCUT2D eigenvalue weighted by Crippen LogP contribution is 2.23. The molecule has 1 aliphatic rings. The largest absolute Gasteiger partial charge is 0.417 e. The van der Waals surface area contributed by atoms with Gasteiger partial charge in [-0.3, -0.25) is 4.98 Å². The summed E-state index contributed by atoms with van der Waals surface area (Å²) in [4.78, 5) is 13.7. The zero-order valence-electron chi connectivity index (χ0n) is 8.66. The van der Waals surface area contributed by atoms with E-state index >= 15 is 0 Å². The van der Waals surface area contributed by atoms with E-state index in [1.807, 2.05) is 30.0 Å². The summed E-state index contributed by atoms with van der Waals surface area (Å²) in [7, 11) is 0. The first-order chi connectivity index (χ1) is 7.81. The smallest absolute Gasteiger partial charge is 0.408 e. The highest BCUT2D eigenvalue weighted by atomic mass is 32.2. The van der Waals surface area contributed by atoms with Gasteiger partial charge in [0.15, 0.2) is 5.58 Å². The number of anilines is 1. The van der Waals surface area contributed by atoms with E-state index < -0.39 is 5.76 Å². The molecule has 1 saturated heterocycles. The Balaban J connectivity index is 1.89. The molecule has 1 aliphatic heterocycles. The zero-order valence-corrected chi connectivity index (χ0v) is 9.47. The second kappa shape index (κ2) is 3.90. The Kier molecular flexibility index (Phi) is 2.40. The van der Waals surface area contributed by atoms with E-state index in [9.17, 15) is 4.79 Å². The Morgan fingerprint density at radius 3 is 3.25 bits per heavy atom. The van der Waals surface area contributed by atoms with Crippen molar-refractivity contribution in [3.63, 3.8) is 0 Å². The normalized spacial score (nSPS) is 20.4. The molecule has 2 aromatic rings. The Morgan fingerprint density at radius 2 is 2.44 bits per heavy atom. The SMILES string of the molecule is O=c1[nH]c2cc(NC3CCSC3)ccc2o1. The average molecular weight is 236 g/mol. The second-order valence-electron chi connectivity index (χ2n) is 3.93. The molecule has 16 heavy (non-hydrogen) atoms. The molecule has 1 aromatic heterocycles. The quantitative estimate of drug-likeness (QED) is 0.837. The predicted molar refractivity (Wildman–Crippen MR) is 66.2 cm³/mol. The molecule has 1 atom stereocenters. The summed E-state index contributed by atoms with van der Waals surface area (Å²) in [5.74, 6) is 1.98. The third-order valence-corrected chi connectivity index (χ3v) is 3.88. The standard InChI is InChI=1S/C11H12N2O2S/c14-11-13-9-5-7(1-2-10(9)15-11)12-8-3-4-16-6-8/h1-2,5,8,12H,3-4,6H2,(H,13,14). The van der Waals surface area contributed by atoms with Crippen LogP contribution in [0.1, 0.15) is 6.42 Å². The second-order valence-corrected chi connectivity index (χ2v) is 5.08. The van der Waals surface area contributed by atoms with E-state index in [2.05, 4.69) is 10.3 Å². The Labute approximate surface area is 96.4 Å². The van der Waals surface area contributed by atoms with Gasteiger partial charge in [0.2, 0.25) is 0 Å². The van der Waals surface area contributed by atoms with E-state index in [0.717, 1.165) is 17.0 Å². The lowest BCUT2D eigenvalue weighted by Crippen LogP contribution is -2.17. The van der Waals surface area contributed by atoms with Crippen molar-refractivity contribution in [2.24, 2.45) is 0 Å². The van der Waals surface area contributed by atoms with Crippen LogP contribution in [0.15, 0.2) is 27.4 Å². The van der Waals surface area contributed by atoms with E-state index in [1.54, 1.807) is 0 Å². The topological polar surface area (TPSA) is 58.0 Å². The van der Waals surface area contributed by atoms with E-state index in [0.29, 0.717) is 11.6 Å².